The number of hydrogen-bond acceptors (Lipinski definition) is 4. The number of fused-ring (bicyclic) bond motifs is 1. The zero-order valence-electron chi connectivity index (χ0n) is 11.1. The number of ether oxygens (including phenoxy) is 2. The number of hydrogen-bond donors (Lipinski definition) is 0. The van der Waals surface area contributed by atoms with Crippen LogP contribution in [-0.2, 0) is 9.47 Å². The van der Waals surface area contributed by atoms with Gasteiger partial charge in [-0.25, -0.2) is 4.98 Å². The molecule has 0 unspecified atom stereocenters. The van der Waals surface area contributed by atoms with Gasteiger partial charge in [-0.1, -0.05) is 11.6 Å². The normalized spacial score (nSPS) is 22.5. The standard InChI is InChI=1S/C14H15ClN2O3/c1-2-20-13-7-19-6-12(13)17-8-16-11-4-3-9(15)5-10(11)14(17)18/h3-5,8,12-13H,2,6-7H2,1H3/t12-,13-/m0/s1. The number of rotatable bonds is 3. The van der Waals surface area contributed by atoms with Crippen LogP contribution in [0.15, 0.2) is 29.3 Å². The summed E-state index contributed by atoms with van der Waals surface area (Å²) in [6, 6.07) is 4.98. The van der Waals surface area contributed by atoms with Gasteiger partial charge in [0.1, 0.15) is 6.10 Å². The minimum atomic E-state index is -0.140. The van der Waals surface area contributed by atoms with E-state index in [-0.39, 0.29) is 17.7 Å². The van der Waals surface area contributed by atoms with E-state index in [1.165, 1.54) is 0 Å². The predicted molar refractivity (Wildman–Crippen MR) is 76.3 cm³/mol. The highest BCUT2D eigenvalue weighted by atomic mass is 35.5. The van der Waals surface area contributed by atoms with Crippen LogP contribution in [0.2, 0.25) is 5.02 Å². The molecule has 1 saturated heterocycles. The Morgan fingerprint density at radius 2 is 2.35 bits per heavy atom. The molecule has 0 saturated carbocycles. The Morgan fingerprint density at radius 3 is 3.15 bits per heavy atom. The van der Waals surface area contributed by atoms with Crippen LogP contribution < -0.4 is 5.56 Å². The van der Waals surface area contributed by atoms with E-state index in [1.54, 1.807) is 29.1 Å². The zero-order valence-corrected chi connectivity index (χ0v) is 11.8. The van der Waals surface area contributed by atoms with E-state index in [0.717, 1.165) is 0 Å². The largest absolute Gasteiger partial charge is 0.376 e. The summed E-state index contributed by atoms with van der Waals surface area (Å²) in [5.41, 5.74) is 0.528. The van der Waals surface area contributed by atoms with Gasteiger partial charge in [-0.3, -0.25) is 9.36 Å². The van der Waals surface area contributed by atoms with E-state index >= 15 is 0 Å². The highest BCUT2D eigenvalue weighted by molar-refractivity contribution is 6.31. The summed E-state index contributed by atoms with van der Waals surface area (Å²) in [4.78, 5) is 16.9. The average Bonchev–Trinajstić information content (AvgIpc) is 2.88. The summed E-state index contributed by atoms with van der Waals surface area (Å²) in [6.45, 7) is 3.47. The highest BCUT2D eigenvalue weighted by Gasteiger charge is 2.31. The van der Waals surface area contributed by atoms with Crippen LogP contribution in [-0.4, -0.2) is 35.5 Å². The van der Waals surface area contributed by atoms with Crippen LogP contribution in [0.3, 0.4) is 0 Å². The minimum absolute atomic E-state index is 0.113. The lowest BCUT2D eigenvalue weighted by Crippen LogP contribution is -2.33. The van der Waals surface area contributed by atoms with Crippen LogP contribution in [0, 0.1) is 0 Å². The fraction of sp³-hybridized carbons (Fsp3) is 0.429. The third kappa shape index (κ3) is 2.32. The molecule has 0 bridgehead atoms. The monoisotopic (exact) mass is 294 g/mol. The van der Waals surface area contributed by atoms with Gasteiger partial charge in [0.2, 0.25) is 0 Å². The van der Waals surface area contributed by atoms with Crippen molar-refractivity contribution in [1.29, 1.82) is 0 Å². The second-order valence-electron chi connectivity index (χ2n) is 4.72. The van der Waals surface area contributed by atoms with Gasteiger partial charge < -0.3 is 9.47 Å². The molecular formula is C14H15ClN2O3. The van der Waals surface area contributed by atoms with Crippen molar-refractivity contribution in [2.45, 2.75) is 19.1 Å². The molecular weight excluding hydrogens is 280 g/mol. The Kier molecular flexibility index (Phi) is 3.74. The highest BCUT2D eigenvalue weighted by Crippen LogP contribution is 2.22. The van der Waals surface area contributed by atoms with Crippen LogP contribution >= 0.6 is 11.6 Å². The Balaban J connectivity index is 2.08. The smallest absolute Gasteiger partial charge is 0.261 e. The summed E-state index contributed by atoms with van der Waals surface area (Å²) in [7, 11) is 0. The molecule has 20 heavy (non-hydrogen) atoms. The van der Waals surface area contributed by atoms with Crippen molar-refractivity contribution in [3.05, 3.63) is 39.9 Å². The van der Waals surface area contributed by atoms with E-state index < -0.39 is 0 Å². The molecule has 0 N–H and O–H groups in total. The van der Waals surface area contributed by atoms with Gasteiger partial charge in [-0.15, -0.1) is 0 Å². The first-order valence-corrected chi connectivity index (χ1v) is 6.94. The van der Waals surface area contributed by atoms with Crippen molar-refractivity contribution >= 4 is 22.5 Å². The fourth-order valence-corrected chi connectivity index (χ4v) is 2.67. The van der Waals surface area contributed by atoms with E-state index in [4.69, 9.17) is 21.1 Å². The molecule has 1 aliphatic rings. The molecule has 6 heteroatoms. The van der Waals surface area contributed by atoms with Gasteiger partial charge in [0, 0.05) is 11.6 Å². The lowest BCUT2D eigenvalue weighted by Gasteiger charge is -2.19. The molecule has 1 aromatic heterocycles. The molecule has 0 amide bonds. The van der Waals surface area contributed by atoms with Crippen molar-refractivity contribution in [3.8, 4) is 0 Å². The SMILES string of the molecule is CCO[C@H]1COC[C@@H]1n1cnc2ccc(Cl)cc2c1=O. The van der Waals surface area contributed by atoms with Crippen LogP contribution in [0.4, 0.5) is 0 Å². The lowest BCUT2D eigenvalue weighted by atomic mass is 10.2. The van der Waals surface area contributed by atoms with E-state index in [1.807, 2.05) is 6.92 Å². The number of benzene rings is 1. The molecule has 2 atom stereocenters. The second-order valence-corrected chi connectivity index (χ2v) is 5.15. The average molecular weight is 295 g/mol. The van der Waals surface area contributed by atoms with Crippen LogP contribution in [0.25, 0.3) is 10.9 Å². The summed E-state index contributed by atoms with van der Waals surface area (Å²) >= 11 is 5.96. The van der Waals surface area contributed by atoms with Gasteiger partial charge in [0.05, 0.1) is 36.5 Å². The van der Waals surface area contributed by atoms with Gasteiger partial charge >= 0.3 is 0 Å². The lowest BCUT2D eigenvalue weighted by molar-refractivity contribution is 0.0356. The molecule has 3 rings (SSSR count). The third-order valence-corrected chi connectivity index (χ3v) is 3.72. The zero-order chi connectivity index (χ0) is 14.1. The molecule has 0 aliphatic carbocycles. The van der Waals surface area contributed by atoms with E-state index in [2.05, 4.69) is 4.98 Å². The molecule has 1 aromatic carbocycles. The summed E-state index contributed by atoms with van der Waals surface area (Å²) in [5.74, 6) is 0. The molecule has 2 heterocycles. The predicted octanol–water partition coefficient (Wildman–Crippen LogP) is 2.03. The Bertz CT molecular complexity index is 686. The van der Waals surface area contributed by atoms with Gasteiger partial charge in [-0.2, -0.15) is 0 Å². The Labute approximate surface area is 121 Å². The first kappa shape index (κ1) is 13.5. The summed E-state index contributed by atoms with van der Waals surface area (Å²) in [5, 5.41) is 1.04. The summed E-state index contributed by atoms with van der Waals surface area (Å²) in [6.07, 6.45) is 1.44. The second kappa shape index (κ2) is 5.52. The maximum atomic E-state index is 12.6. The van der Waals surface area contributed by atoms with E-state index in [0.29, 0.717) is 35.7 Å². The van der Waals surface area contributed by atoms with Crippen molar-refractivity contribution in [3.63, 3.8) is 0 Å². The molecule has 106 valence electrons. The topological polar surface area (TPSA) is 53.4 Å². The molecule has 1 fully saturated rings. The first-order valence-electron chi connectivity index (χ1n) is 6.56. The molecule has 2 aromatic rings. The van der Waals surface area contributed by atoms with Crippen molar-refractivity contribution in [1.82, 2.24) is 9.55 Å². The third-order valence-electron chi connectivity index (χ3n) is 3.48. The van der Waals surface area contributed by atoms with E-state index in [9.17, 15) is 4.79 Å². The fourth-order valence-electron chi connectivity index (χ4n) is 2.50. The number of aromatic nitrogens is 2. The van der Waals surface area contributed by atoms with Crippen molar-refractivity contribution < 1.29 is 9.47 Å². The quantitative estimate of drug-likeness (QED) is 0.869. The minimum Gasteiger partial charge on any atom is -0.376 e. The molecule has 5 nitrogen and oxygen atoms in total. The maximum absolute atomic E-state index is 12.6. The molecule has 1 aliphatic heterocycles. The summed E-state index contributed by atoms with van der Waals surface area (Å²) < 4.78 is 12.6. The molecule has 0 spiro atoms. The maximum Gasteiger partial charge on any atom is 0.261 e. The van der Waals surface area contributed by atoms with Gasteiger partial charge in [0.25, 0.3) is 5.56 Å². The first-order chi connectivity index (χ1) is 9.70. The number of halogens is 1. The van der Waals surface area contributed by atoms with Crippen molar-refractivity contribution in [2.24, 2.45) is 0 Å². The molecule has 0 radical (unpaired) electrons. The number of nitrogens with zero attached hydrogens (tertiary/aromatic N) is 2. The van der Waals surface area contributed by atoms with Crippen LogP contribution in [0.5, 0.6) is 0 Å². The Hall–Kier alpha value is -1.43. The Morgan fingerprint density at radius 1 is 1.50 bits per heavy atom. The van der Waals surface area contributed by atoms with Gasteiger partial charge in [0.15, 0.2) is 0 Å². The van der Waals surface area contributed by atoms with Crippen molar-refractivity contribution in [2.75, 3.05) is 19.8 Å². The van der Waals surface area contributed by atoms with Gasteiger partial charge in [-0.05, 0) is 25.1 Å². The van der Waals surface area contributed by atoms with Crippen LogP contribution in [0.1, 0.15) is 13.0 Å².